The van der Waals surface area contributed by atoms with Crippen LogP contribution in [0.25, 0.3) is 10.2 Å². The van der Waals surface area contributed by atoms with Gasteiger partial charge in [-0.25, -0.2) is 9.97 Å². The lowest BCUT2D eigenvalue weighted by Gasteiger charge is -2.44. The molecule has 0 saturated heterocycles. The molecule has 4 atom stereocenters. The van der Waals surface area contributed by atoms with Gasteiger partial charge < -0.3 is 19.9 Å². The van der Waals surface area contributed by atoms with E-state index in [-0.39, 0.29) is 12.0 Å². The number of rotatable bonds is 7. The average Bonchev–Trinajstić information content (AvgIpc) is 3.27. The van der Waals surface area contributed by atoms with E-state index < -0.39 is 16.8 Å². The van der Waals surface area contributed by atoms with Crippen LogP contribution >= 0.6 is 22.9 Å². The second kappa shape index (κ2) is 9.21. The predicted molar refractivity (Wildman–Crippen MR) is 125 cm³/mol. The molecule has 9 heteroatoms. The van der Waals surface area contributed by atoms with Crippen LogP contribution in [0.5, 0.6) is 11.5 Å². The molecule has 4 unspecified atom stereocenters. The predicted octanol–water partition coefficient (Wildman–Crippen LogP) is 4.23. The highest BCUT2D eigenvalue weighted by Gasteiger charge is 2.54. The van der Waals surface area contributed by atoms with Gasteiger partial charge in [-0.05, 0) is 47.9 Å². The number of carbonyl (C=O) groups is 1. The molecular formula is C23H26ClN3O4S. The van der Waals surface area contributed by atoms with Crippen LogP contribution in [-0.2, 0) is 16.8 Å². The molecule has 1 saturated carbocycles. The third-order valence-electron chi connectivity index (χ3n) is 6.49. The minimum Gasteiger partial charge on any atom is -0.493 e. The average molecular weight is 476 g/mol. The second-order valence-electron chi connectivity index (χ2n) is 8.10. The summed E-state index contributed by atoms with van der Waals surface area (Å²) in [6, 6.07) is 7.64. The molecule has 0 aliphatic heterocycles. The van der Waals surface area contributed by atoms with E-state index in [9.17, 15) is 9.90 Å². The summed E-state index contributed by atoms with van der Waals surface area (Å²) in [6.07, 6.45) is 2.72. The topological polar surface area (TPSA) is 93.6 Å². The maximum Gasteiger partial charge on any atom is 0.317 e. The van der Waals surface area contributed by atoms with Crippen molar-refractivity contribution in [1.82, 2.24) is 15.3 Å². The lowest BCUT2D eigenvalue weighted by Crippen LogP contribution is -2.56. The highest BCUT2D eigenvalue weighted by Crippen LogP contribution is 2.45. The normalized spacial score (nSPS) is 25.6. The summed E-state index contributed by atoms with van der Waals surface area (Å²) < 4.78 is 10.7. The lowest BCUT2D eigenvalue weighted by atomic mass is 9.64. The zero-order valence-electron chi connectivity index (χ0n) is 18.2. The fourth-order valence-corrected chi connectivity index (χ4v) is 5.70. The molecule has 2 aromatic heterocycles. The third-order valence-corrected chi connectivity index (χ3v) is 8.00. The van der Waals surface area contributed by atoms with Crippen LogP contribution in [-0.4, -0.2) is 46.7 Å². The molecule has 0 radical (unpaired) electrons. The molecule has 0 spiro atoms. The van der Waals surface area contributed by atoms with Gasteiger partial charge in [0.2, 0.25) is 0 Å². The first-order valence-electron chi connectivity index (χ1n) is 10.4. The number of carboxylic acids is 1. The van der Waals surface area contributed by atoms with E-state index in [4.69, 9.17) is 21.1 Å². The van der Waals surface area contributed by atoms with E-state index in [0.717, 1.165) is 15.8 Å². The van der Waals surface area contributed by atoms with Crippen LogP contribution < -0.4 is 14.8 Å². The van der Waals surface area contributed by atoms with Crippen molar-refractivity contribution in [2.24, 2.45) is 5.92 Å². The highest BCUT2D eigenvalue weighted by atomic mass is 35.5. The molecule has 1 aliphatic carbocycles. The second-order valence-corrected chi connectivity index (χ2v) is 9.50. The van der Waals surface area contributed by atoms with Crippen molar-refractivity contribution in [3.8, 4) is 11.5 Å². The summed E-state index contributed by atoms with van der Waals surface area (Å²) in [5.74, 6) is 0.390. The number of ether oxygens (including phenoxy) is 2. The Morgan fingerprint density at radius 2 is 2.09 bits per heavy atom. The molecule has 3 aromatic rings. The largest absolute Gasteiger partial charge is 0.493 e. The van der Waals surface area contributed by atoms with Crippen LogP contribution in [0, 0.1) is 5.92 Å². The van der Waals surface area contributed by atoms with Gasteiger partial charge in [-0.15, -0.1) is 22.9 Å². The van der Waals surface area contributed by atoms with E-state index in [0.29, 0.717) is 36.7 Å². The van der Waals surface area contributed by atoms with Gasteiger partial charge >= 0.3 is 5.97 Å². The van der Waals surface area contributed by atoms with Gasteiger partial charge in [0.05, 0.1) is 19.6 Å². The van der Waals surface area contributed by atoms with Crippen molar-refractivity contribution < 1.29 is 19.4 Å². The molecule has 0 bridgehead atoms. The fourth-order valence-electron chi connectivity index (χ4n) is 4.53. The van der Waals surface area contributed by atoms with Crippen LogP contribution in [0.4, 0.5) is 0 Å². The SMILES string of the molecule is COc1ccc(CNC2CCC(C(=O)O)(c3ncc4ccsc4n3)C(C)C2Cl)cc1OC. The minimum absolute atomic E-state index is 0.0438. The number of thiophene rings is 1. The Morgan fingerprint density at radius 3 is 2.81 bits per heavy atom. The summed E-state index contributed by atoms with van der Waals surface area (Å²) in [5.41, 5.74) is -0.188. The standard InChI is InChI=1S/C23H26ClN3O4S/c1-13-19(24)16(25-11-14-4-5-17(30-2)18(10-14)31-3)6-8-23(13,22(28)29)21-26-12-15-7-9-32-20(15)27-21/h4-5,7,9-10,12-13,16,19,25H,6,8,11H2,1-3H3,(H,28,29). The number of halogens is 1. The number of benzene rings is 1. The van der Waals surface area contributed by atoms with Crippen molar-refractivity contribution in [2.45, 2.75) is 43.1 Å². The number of carboxylic acid groups (broad SMARTS) is 1. The number of alkyl halides is 1. The van der Waals surface area contributed by atoms with Crippen molar-refractivity contribution in [3.05, 3.63) is 47.2 Å². The summed E-state index contributed by atoms with van der Waals surface area (Å²) in [5, 5.41) is 16.2. The van der Waals surface area contributed by atoms with Gasteiger partial charge in [0.25, 0.3) is 0 Å². The Bertz CT molecular complexity index is 1120. The van der Waals surface area contributed by atoms with Gasteiger partial charge in [0.1, 0.15) is 16.1 Å². The van der Waals surface area contributed by atoms with E-state index in [1.54, 1.807) is 20.4 Å². The number of nitrogens with zero attached hydrogens (tertiary/aromatic N) is 2. The number of fused-ring (bicyclic) bond motifs is 1. The quantitative estimate of drug-likeness (QED) is 0.494. The van der Waals surface area contributed by atoms with E-state index in [1.165, 1.54) is 11.3 Å². The van der Waals surface area contributed by atoms with Crippen molar-refractivity contribution >= 4 is 39.1 Å². The van der Waals surface area contributed by atoms with E-state index in [1.807, 2.05) is 36.6 Å². The first kappa shape index (κ1) is 22.8. The number of hydrogen-bond acceptors (Lipinski definition) is 7. The molecule has 7 nitrogen and oxygen atoms in total. The smallest absolute Gasteiger partial charge is 0.317 e. The monoisotopic (exact) mass is 475 g/mol. The maximum absolute atomic E-state index is 12.5. The minimum atomic E-state index is -1.22. The van der Waals surface area contributed by atoms with Gasteiger partial charge in [-0.1, -0.05) is 13.0 Å². The Kier molecular flexibility index (Phi) is 6.55. The zero-order chi connectivity index (χ0) is 22.9. The third kappa shape index (κ3) is 3.91. The summed E-state index contributed by atoms with van der Waals surface area (Å²) >= 11 is 8.34. The number of hydrogen-bond donors (Lipinski definition) is 2. The van der Waals surface area contributed by atoms with Gasteiger partial charge in [0, 0.05) is 24.2 Å². The van der Waals surface area contributed by atoms with Gasteiger partial charge in [-0.2, -0.15) is 0 Å². The van der Waals surface area contributed by atoms with Crippen molar-refractivity contribution in [2.75, 3.05) is 14.2 Å². The number of methoxy groups -OCH3 is 2. The summed E-state index contributed by atoms with van der Waals surface area (Å²) in [4.78, 5) is 22.4. The molecule has 2 heterocycles. The first-order chi connectivity index (χ1) is 15.4. The Labute approximate surface area is 195 Å². The van der Waals surface area contributed by atoms with Crippen molar-refractivity contribution in [1.29, 1.82) is 0 Å². The Balaban J connectivity index is 1.53. The number of aliphatic carboxylic acids is 1. The Hall–Kier alpha value is -2.42. The molecule has 4 rings (SSSR count). The van der Waals surface area contributed by atoms with Crippen LogP contribution in [0.3, 0.4) is 0 Å². The maximum atomic E-state index is 12.5. The molecule has 0 amide bonds. The molecule has 170 valence electrons. The molecule has 32 heavy (non-hydrogen) atoms. The number of aromatic nitrogens is 2. The van der Waals surface area contributed by atoms with Gasteiger partial charge in [0.15, 0.2) is 11.5 Å². The summed E-state index contributed by atoms with van der Waals surface area (Å²) in [6.45, 7) is 2.47. The molecular weight excluding hydrogens is 450 g/mol. The molecule has 2 N–H and O–H groups in total. The van der Waals surface area contributed by atoms with Crippen LogP contribution in [0.1, 0.15) is 31.2 Å². The van der Waals surface area contributed by atoms with E-state index in [2.05, 4.69) is 15.3 Å². The zero-order valence-corrected chi connectivity index (χ0v) is 19.7. The van der Waals surface area contributed by atoms with E-state index >= 15 is 0 Å². The molecule has 1 aliphatic rings. The van der Waals surface area contributed by atoms with Crippen molar-refractivity contribution in [3.63, 3.8) is 0 Å². The number of nitrogens with one attached hydrogen (secondary N) is 1. The first-order valence-corrected chi connectivity index (χ1v) is 11.7. The molecule has 1 fully saturated rings. The fraction of sp³-hybridized carbons (Fsp3) is 0.435. The highest BCUT2D eigenvalue weighted by molar-refractivity contribution is 7.16. The van der Waals surface area contributed by atoms with Crippen LogP contribution in [0.2, 0.25) is 0 Å². The van der Waals surface area contributed by atoms with Gasteiger partial charge in [-0.3, -0.25) is 4.79 Å². The summed E-state index contributed by atoms with van der Waals surface area (Å²) in [7, 11) is 3.21. The lowest BCUT2D eigenvalue weighted by molar-refractivity contribution is -0.148. The molecule has 1 aromatic carbocycles. The van der Waals surface area contributed by atoms with Crippen LogP contribution in [0.15, 0.2) is 35.8 Å². The Morgan fingerprint density at radius 1 is 1.31 bits per heavy atom.